The van der Waals surface area contributed by atoms with E-state index >= 15 is 0 Å². The highest BCUT2D eigenvalue weighted by atomic mass is 35.5. The van der Waals surface area contributed by atoms with Gasteiger partial charge in [0.25, 0.3) is 0 Å². The Morgan fingerprint density at radius 2 is 1.94 bits per heavy atom. The Kier molecular flexibility index (Phi) is 10.8. The lowest BCUT2D eigenvalue weighted by atomic mass is 9.74. The number of piperidine rings is 1. The SMILES string of the molecule is CNC[C@H](CC1CCCCC1)NC(=O)N1CCC[C@@H](C(O)(CCCC(C)(F)F)c2cccc(Cl)c2)C1. The van der Waals surface area contributed by atoms with Crippen molar-refractivity contribution < 1.29 is 18.7 Å². The second-order valence-electron chi connectivity index (χ2n) is 11.1. The van der Waals surface area contributed by atoms with E-state index in [1.54, 1.807) is 23.1 Å². The van der Waals surface area contributed by atoms with Crippen molar-refractivity contribution in [3.63, 3.8) is 0 Å². The minimum Gasteiger partial charge on any atom is -0.385 e. The Hall–Kier alpha value is -1.44. The van der Waals surface area contributed by atoms with Crippen molar-refractivity contribution in [1.29, 1.82) is 0 Å². The van der Waals surface area contributed by atoms with Gasteiger partial charge in [0, 0.05) is 43.0 Å². The van der Waals surface area contributed by atoms with Crippen LogP contribution in [-0.2, 0) is 5.60 Å². The number of rotatable bonds is 11. The minimum atomic E-state index is -2.78. The Morgan fingerprint density at radius 3 is 2.61 bits per heavy atom. The number of nitrogens with one attached hydrogen (secondary N) is 2. The molecular weight excluding hydrogens is 484 g/mol. The fourth-order valence-electron chi connectivity index (χ4n) is 6.09. The number of carbonyl (C=O) groups excluding carboxylic acids is 1. The molecule has 0 bridgehead atoms. The highest BCUT2D eigenvalue weighted by Gasteiger charge is 2.42. The van der Waals surface area contributed by atoms with Crippen molar-refractivity contribution in [3.8, 4) is 0 Å². The van der Waals surface area contributed by atoms with Gasteiger partial charge in [-0.25, -0.2) is 13.6 Å². The number of likely N-dealkylation sites (N-methyl/N-ethyl adjacent to an activating group) is 1. The number of halogens is 3. The maximum absolute atomic E-state index is 13.6. The fraction of sp³-hybridized carbons (Fsp3) is 0.750. The van der Waals surface area contributed by atoms with Crippen LogP contribution in [-0.4, -0.2) is 54.7 Å². The third-order valence-corrected chi connectivity index (χ3v) is 8.24. The van der Waals surface area contributed by atoms with Gasteiger partial charge in [0.05, 0.1) is 5.60 Å². The van der Waals surface area contributed by atoms with Gasteiger partial charge in [-0.1, -0.05) is 55.8 Å². The molecule has 2 amide bonds. The van der Waals surface area contributed by atoms with Crippen molar-refractivity contribution in [2.45, 2.75) is 95.1 Å². The van der Waals surface area contributed by atoms with Crippen LogP contribution < -0.4 is 10.6 Å². The average Bonchev–Trinajstić information content (AvgIpc) is 2.84. The quantitative estimate of drug-likeness (QED) is 0.315. The number of amides is 2. The molecule has 0 aromatic heterocycles. The molecule has 1 aromatic carbocycles. The Labute approximate surface area is 220 Å². The van der Waals surface area contributed by atoms with Gasteiger partial charge in [-0.2, -0.15) is 0 Å². The first-order valence-electron chi connectivity index (χ1n) is 13.7. The van der Waals surface area contributed by atoms with Gasteiger partial charge >= 0.3 is 6.03 Å². The lowest BCUT2D eigenvalue weighted by Gasteiger charge is -2.43. The molecule has 5 nitrogen and oxygen atoms in total. The van der Waals surface area contributed by atoms with Gasteiger partial charge in [-0.05, 0) is 69.7 Å². The van der Waals surface area contributed by atoms with Gasteiger partial charge in [-0.15, -0.1) is 0 Å². The molecular formula is C28H44ClF2N3O2. The van der Waals surface area contributed by atoms with E-state index in [0.717, 1.165) is 32.7 Å². The second kappa shape index (κ2) is 13.4. The van der Waals surface area contributed by atoms with Crippen LogP contribution in [0.1, 0.15) is 83.1 Å². The summed E-state index contributed by atoms with van der Waals surface area (Å²) in [5, 5.41) is 18.9. The molecule has 2 aliphatic rings. The third kappa shape index (κ3) is 8.56. The highest BCUT2D eigenvalue weighted by molar-refractivity contribution is 6.30. The minimum absolute atomic E-state index is 0.0598. The zero-order valence-electron chi connectivity index (χ0n) is 21.9. The van der Waals surface area contributed by atoms with Crippen molar-refractivity contribution in [1.82, 2.24) is 15.5 Å². The summed E-state index contributed by atoms with van der Waals surface area (Å²) in [5.74, 6) is -2.40. The van der Waals surface area contributed by atoms with E-state index < -0.39 is 11.5 Å². The molecule has 0 spiro atoms. The van der Waals surface area contributed by atoms with Gasteiger partial charge in [0.15, 0.2) is 0 Å². The first-order valence-corrected chi connectivity index (χ1v) is 14.0. The topological polar surface area (TPSA) is 64.6 Å². The Balaban J connectivity index is 1.70. The molecule has 1 unspecified atom stereocenters. The monoisotopic (exact) mass is 527 g/mol. The standard InChI is InChI=1S/C28H44ClF2N3O2/c1-27(30,31)14-8-15-28(36,22-11-6-13-24(29)18-22)23-12-7-16-34(20-23)26(35)33-25(19-32-2)17-21-9-4-3-5-10-21/h6,11,13,18,21,23,25,32,36H,3-5,7-10,12,14-17,19-20H2,1-2H3,(H,33,35)/t23-,25+,28?/m1/s1. The van der Waals surface area contributed by atoms with Crippen LogP contribution in [0.25, 0.3) is 0 Å². The number of hydrogen-bond acceptors (Lipinski definition) is 3. The molecule has 3 rings (SSSR count). The van der Waals surface area contributed by atoms with Crippen LogP contribution in [0.2, 0.25) is 5.02 Å². The third-order valence-electron chi connectivity index (χ3n) is 8.00. The molecule has 1 aromatic rings. The smallest absolute Gasteiger partial charge is 0.317 e. The van der Waals surface area contributed by atoms with Gasteiger partial charge < -0.3 is 20.6 Å². The summed E-state index contributed by atoms with van der Waals surface area (Å²) in [4.78, 5) is 15.1. The summed E-state index contributed by atoms with van der Waals surface area (Å²) in [7, 11) is 1.90. The zero-order valence-corrected chi connectivity index (χ0v) is 22.6. The Bertz CT molecular complexity index is 831. The number of hydrogen-bond donors (Lipinski definition) is 3. The molecule has 0 radical (unpaired) electrons. The molecule has 3 N–H and O–H groups in total. The van der Waals surface area contributed by atoms with E-state index in [9.17, 15) is 18.7 Å². The summed E-state index contributed by atoms with van der Waals surface area (Å²) < 4.78 is 27.1. The zero-order chi connectivity index (χ0) is 26.2. The highest BCUT2D eigenvalue weighted by Crippen LogP contribution is 2.41. The predicted octanol–water partition coefficient (Wildman–Crippen LogP) is 6.33. The summed E-state index contributed by atoms with van der Waals surface area (Å²) in [6.07, 6.45) is 8.83. The van der Waals surface area contributed by atoms with Crippen LogP contribution >= 0.6 is 11.6 Å². The maximum Gasteiger partial charge on any atom is 0.317 e. The van der Waals surface area contributed by atoms with E-state index in [-0.39, 0.29) is 37.3 Å². The van der Waals surface area contributed by atoms with Crippen LogP contribution in [0.5, 0.6) is 0 Å². The average molecular weight is 528 g/mol. The molecule has 3 atom stereocenters. The number of carbonyl (C=O) groups is 1. The molecule has 2 fully saturated rings. The largest absolute Gasteiger partial charge is 0.385 e. The maximum atomic E-state index is 13.6. The molecule has 1 saturated heterocycles. The number of benzene rings is 1. The summed E-state index contributed by atoms with van der Waals surface area (Å²) in [5.41, 5.74) is -0.700. The fourth-order valence-corrected chi connectivity index (χ4v) is 6.28. The van der Waals surface area contributed by atoms with E-state index in [2.05, 4.69) is 10.6 Å². The molecule has 36 heavy (non-hydrogen) atoms. The lowest BCUT2D eigenvalue weighted by Crippen LogP contribution is -2.54. The van der Waals surface area contributed by atoms with Gasteiger partial charge in [0.1, 0.15) is 0 Å². The summed E-state index contributed by atoms with van der Waals surface area (Å²) >= 11 is 6.23. The first-order chi connectivity index (χ1) is 17.1. The summed E-state index contributed by atoms with van der Waals surface area (Å²) in [6.45, 7) is 2.63. The molecule has 204 valence electrons. The number of aliphatic hydroxyl groups is 1. The second-order valence-corrected chi connectivity index (χ2v) is 11.5. The molecule has 1 aliphatic carbocycles. The van der Waals surface area contributed by atoms with Gasteiger partial charge in [-0.3, -0.25) is 0 Å². The van der Waals surface area contributed by atoms with Crippen LogP contribution in [0.15, 0.2) is 24.3 Å². The van der Waals surface area contributed by atoms with Crippen molar-refractivity contribution >= 4 is 17.6 Å². The van der Waals surface area contributed by atoms with E-state index in [1.807, 2.05) is 13.1 Å². The van der Waals surface area contributed by atoms with Crippen LogP contribution in [0, 0.1) is 11.8 Å². The molecule has 1 saturated carbocycles. The first kappa shape index (κ1) is 29.1. The number of alkyl halides is 2. The predicted molar refractivity (Wildman–Crippen MR) is 142 cm³/mol. The van der Waals surface area contributed by atoms with Crippen LogP contribution in [0.3, 0.4) is 0 Å². The summed E-state index contributed by atoms with van der Waals surface area (Å²) in [6, 6.07) is 6.99. The number of nitrogens with zero attached hydrogens (tertiary/aromatic N) is 1. The van der Waals surface area contributed by atoms with Gasteiger partial charge in [0.2, 0.25) is 5.92 Å². The van der Waals surface area contributed by atoms with Crippen LogP contribution in [0.4, 0.5) is 13.6 Å². The van der Waals surface area contributed by atoms with Crippen molar-refractivity contribution in [2.24, 2.45) is 11.8 Å². The lowest BCUT2D eigenvalue weighted by molar-refractivity contribution is -0.0628. The molecule has 1 heterocycles. The Morgan fingerprint density at radius 1 is 1.19 bits per heavy atom. The van der Waals surface area contributed by atoms with E-state index in [0.29, 0.717) is 29.6 Å². The van der Waals surface area contributed by atoms with E-state index in [1.165, 1.54) is 32.1 Å². The molecule has 1 aliphatic heterocycles. The number of likely N-dealkylation sites (tertiary alicyclic amines) is 1. The normalized spacial score (nSPS) is 22.2. The number of urea groups is 1. The van der Waals surface area contributed by atoms with E-state index in [4.69, 9.17) is 11.6 Å². The molecule has 8 heteroatoms. The van der Waals surface area contributed by atoms with Crippen molar-refractivity contribution in [2.75, 3.05) is 26.7 Å². The van der Waals surface area contributed by atoms with Crippen molar-refractivity contribution in [3.05, 3.63) is 34.9 Å².